The van der Waals surface area contributed by atoms with Crippen molar-refractivity contribution in [1.29, 1.82) is 0 Å². The number of rotatable bonds is 5. The van der Waals surface area contributed by atoms with E-state index in [0.29, 0.717) is 18.5 Å². The van der Waals surface area contributed by atoms with Gasteiger partial charge in [-0.3, -0.25) is 4.98 Å². The Morgan fingerprint density at radius 3 is 2.78 bits per heavy atom. The van der Waals surface area contributed by atoms with Crippen molar-refractivity contribution in [2.24, 2.45) is 5.92 Å². The molecule has 0 radical (unpaired) electrons. The third kappa shape index (κ3) is 6.57. The van der Waals surface area contributed by atoms with E-state index < -0.39 is 5.60 Å². The van der Waals surface area contributed by atoms with Gasteiger partial charge in [0, 0.05) is 25.3 Å². The van der Waals surface area contributed by atoms with Gasteiger partial charge >= 0.3 is 6.09 Å². The molecule has 2 N–H and O–H groups in total. The molecule has 2 atom stereocenters. The lowest BCUT2D eigenvalue weighted by Gasteiger charge is -2.32. The van der Waals surface area contributed by atoms with Crippen molar-refractivity contribution < 1.29 is 9.53 Å². The summed E-state index contributed by atoms with van der Waals surface area (Å²) in [5.74, 6) is 0.444. The van der Waals surface area contributed by atoms with Crippen LogP contribution in [-0.4, -0.2) is 29.3 Å². The highest BCUT2D eigenvalue weighted by Gasteiger charge is 2.26. The van der Waals surface area contributed by atoms with Gasteiger partial charge in [0.1, 0.15) is 5.60 Å². The van der Waals surface area contributed by atoms with Gasteiger partial charge in [0.25, 0.3) is 0 Å². The maximum Gasteiger partial charge on any atom is 0.407 e. The molecular formula is C18H29N3O2. The molecule has 1 saturated carbocycles. The number of alkyl carbamates (subject to hydrolysis) is 1. The molecule has 0 spiro atoms. The van der Waals surface area contributed by atoms with Crippen LogP contribution in [-0.2, 0) is 11.3 Å². The Morgan fingerprint density at radius 1 is 1.30 bits per heavy atom. The second-order valence-corrected chi connectivity index (χ2v) is 7.24. The minimum atomic E-state index is -0.451. The maximum absolute atomic E-state index is 11.8. The highest BCUT2D eigenvalue weighted by molar-refractivity contribution is 5.67. The van der Waals surface area contributed by atoms with Crippen LogP contribution in [0, 0.1) is 5.92 Å². The number of carbonyl (C=O) groups excluding carboxylic acids is 1. The predicted molar refractivity (Wildman–Crippen MR) is 91.1 cm³/mol. The van der Waals surface area contributed by atoms with E-state index in [0.717, 1.165) is 25.1 Å². The van der Waals surface area contributed by atoms with Crippen molar-refractivity contribution in [1.82, 2.24) is 15.6 Å². The van der Waals surface area contributed by atoms with Crippen molar-refractivity contribution in [3.8, 4) is 0 Å². The molecule has 128 valence electrons. The molecule has 1 fully saturated rings. The number of carbonyl (C=O) groups is 1. The average molecular weight is 319 g/mol. The third-order valence-electron chi connectivity index (χ3n) is 4.09. The van der Waals surface area contributed by atoms with Gasteiger partial charge in [-0.15, -0.1) is 0 Å². The molecule has 1 aromatic rings. The lowest BCUT2D eigenvalue weighted by Crippen LogP contribution is -2.44. The molecule has 2 unspecified atom stereocenters. The zero-order valence-electron chi connectivity index (χ0n) is 14.5. The molecule has 2 rings (SSSR count). The summed E-state index contributed by atoms with van der Waals surface area (Å²) < 4.78 is 5.31. The highest BCUT2D eigenvalue weighted by Crippen LogP contribution is 2.24. The van der Waals surface area contributed by atoms with Crippen LogP contribution in [0.5, 0.6) is 0 Å². The highest BCUT2D eigenvalue weighted by atomic mass is 16.6. The fraction of sp³-hybridized carbons (Fsp3) is 0.667. The molecule has 5 nitrogen and oxygen atoms in total. The van der Waals surface area contributed by atoms with Crippen LogP contribution < -0.4 is 10.6 Å². The SMILES string of the molecule is CC(C)(C)OC(=O)NCC1CCCCC1NCc1ccccn1. The third-order valence-corrected chi connectivity index (χ3v) is 4.09. The Hall–Kier alpha value is -1.62. The summed E-state index contributed by atoms with van der Waals surface area (Å²) in [7, 11) is 0. The number of aromatic nitrogens is 1. The average Bonchev–Trinajstić information content (AvgIpc) is 2.51. The molecular weight excluding hydrogens is 290 g/mol. The Labute approximate surface area is 139 Å². The summed E-state index contributed by atoms with van der Waals surface area (Å²) in [6.07, 6.45) is 6.24. The van der Waals surface area contributed by atoms with Crippen LogP contribution in [0.4, 0.5) is 4.79 Å². The zero-order chi connectivity index (χ0) is 16.7. The molecule has 0 aliphatic heterocycles. The first-order valence-corrected chi connectivity index (χ1v) is 8.54. The van der Waals surface area contributed by atoms with Crippen molar-refractivity contribution >= 4 is 6.09 Å². The molecule has 0 aromatic carbocycles. The summed E-state index contributed by atoms with van der Waals surface area (Å²) in [6.45, 7) is 7.07. The fourth-order valence-electron chi connectivity index (χ4n) is 2.99. The van der Waals surface area contributed by atoms with Crippen LogP contribution in [0.25, 0.3) is 0 Å². The smallest absolute Gasteiger partial charge is 0.407 e. The van der Waals surface area contributed by atoms with Crippen molar-refractivity contribution in [3.05, 3.63) is 30.1 Å². The summed E-state index contributed by atoms with van der Waals surface area (Å²) >= 11 is 0. The van der Waals surface area contributed by atoms with Crippen LogP contribution in [0.15, 0.2) is 24.4 Å². The number of nitrogens with one attached hydrogen (secondary N) is 2. The standard InChI is InChI=1S/C18H29N3O2/c1-18(2,3)23-17(22)21-12-14-8-4-5-10-16(14)20-13-15-9-6-7-11-19-15/h6-7,9,11,14,16,20H,4-5,8,10,12-13H2,1-3H3,(H,21,22). The molecule has 1 aliphatic rings. The number of hydrogen-bond donors (Lipinski definition) is 2. The van der Waals surface area contributed by atoms with Gasteiger partial charge in [0.05, 0.1) is 5.69 Å². The van der Waals surface area contributed by atoms with E-state index in [4.69, 9.17) is 4.74 Å². The molecule has 1 aliphatic carbocycles. The first-order chi connectivity index (χ1) is 10.9. The fourth-order valence-corrected chi connectivity index (χ4v) is 2.99. The van der Waals surface area contributed by atoms with Crippen LogP contribution >= 0.6 is 0 Å². The first kappa shape index (κ1) is 17.7. The maximum atomic E-state index is 11.8. The van der Waals surface area contributed by atoms with Crippen LogP contribution in [0.2, 0.25) is 0 Å². The van der Waals surface area contributed by atoms with Crippen LogP contribution in [0.3, 0.4) is 0 Å². The van der Waals surface area contributed by atoms with Crippen molar-refractivity contribution in [3.63, 3.8) is 0 Å². The van der Waals surface area contributed by atoms with Gasteiger partial charge in [0.2, 0.25) is 0 Å². The van der Waals surface area contributed by atoms with E-state index in [1.807, 2.05) is 45.2 Å². The molecule has 1 amide bonds. The zero-order valence-corrected chi connectivity index (χ0v) is 14.5. The van der Waals surface area contributed by atoms with Gasteiger partial charge in [-0.25, -0.2) is 4.79 Å². The topological polar surface area (TPSA) is 63.2 Å². The number of hydrogen-bond acceptors (Lipinski definition) is 4. The molecule has 1 heterocycles. The van der Waals surface area contributed by atoms with E-state index >= 15 is 0 Å². The summed E-state index contributed by atoms with van der Waals surface area (Å²) in [6, 6.07) is 6.38. The van der Waals surface area contributed by atoms with Crippen molar-refractivity contribution in [2.75, 3.05) is 6.54 Å². The lowest BCUT2D eigenvalue weighted by atomic mass is 9.84. The number of nitrogens with zero attached hydrogens (tertiary/aromatic N) is 1. The van der Waals surface area contributed by atoms with E-state index in [1.165, 1.54) is 12.8 Å². The summed E-state index contributed by atoms with van der Waals surface area (Å²) in [4.78, 5) is 16.2. The second kappa shape index (κ2) is 8.29. The Morgan fingerprint density at radius 2 is 2.09 bits per heavy atom. The minimum Gasteiger partial charge on any atom is -0.444 e. The van der Waals surface area contributed by atoms with Crippen LogP contribution in [0.1, 0.15) is 52.1 Å². The van der Waals surface area contributed by atoms with Gasteiger partial charge in [-0.2, -0.15) is 0 Å². The second-order valence-electron chi connectivity index (χ2n) is 7.24. The number of ether oxygens (including phenoxy) is 1. The summed E-state index contributed by atoms with van der Waals surface area (Å²) in [5, 5.41) is 6.53. The molecule has 0 bridgehead atoms. The molecule has 5 heteroatoms. The normalized spacial score (nSPS) is 21.7. The Bertz CT molecular complexity index is 485. The molecule has 1 aromatic heterocycles. The van der Waals surface area contributed by atoms with Gasteiger partial charge in [-0.1, -0.05) is 18.9 Å². The van der Waals surface area contributed by atoms with E-state index in [1.54, 1.807) is 0 Å². The number of pyridine rings is 1. The minimum absolute atomic E-state index is 0.327. The van der Waals surface area contributed by atoms with Crippen molar-refractivity contribution in [2.45, 2.75) is 64.6 Å². The van der Waals surface area contributed by atoms with E-state index in [2.05, 4.69) is 15.6 Å². The summed E-state index contributed by atoms with van der Waals surface area (Å²) in [5.41, 5.74) is 0.602. The number of amides is 1. The van der Waals surface area contributed by atoms with Gasteiger partial charge < -0.3 is 15.4 Å². The van der Waals surface area contributed by atoms with Gasteiger partial charge in [-0.05, 0) is 51.7 Å². The van der Waals surface area contributed by atoms with E-state index in [9.17, 15) is 4.79 Å². The monoisotopic (exact) mass is 319 g/mol. The quantitative estimate of drug-likeness (QED) is 0.874. The first-order valence-electron chi connectivity index (χ1n) is 8.54. The molecule has 0 saturated heterocycles. The molecule has 23 heavy (non-hydrogen) atoms. The van der Waals surface area contributed by atoms with Gasteiger partial charge in [0.15, 0.2) is 0 Å². The predicted octanol–water partition coefficient (Wildman–Crippen LogP) is 3.25. The lowest BCUT2D eigenvalue weighted by molar-refractivity contribution is 0.0510. The van der Waals surface area contributed by atoms with E-state index in [-0.39, 0.29) is 6.09 Å². The Balaban J connectivity index is 1.80. The largest absolute Gasteiger partial charge is 0.444 e. The Kier molecular flexibility index (Phi) is 6.39.